The predicted octanol–water partition coefficient (Wildman–Crippen LogP) is 1.43. The third kappa shape index (κ3) is 3.17. The molecule has 2 aliphatic rings. The van der Waals surface area contributed by atoms with E-state index in [1.165, 1.54) is 0 Å². The summed E-state index contributed by atoms with van der Waals surface area (Å²) in [4.78, 5) is 11.1. The molecule has 1 aromatic carbocycles. The molecule has 2 aliphatic heterocycles. The summed E-state index contributed by atoms with van der Waals surface area (Å²) in [6, 6.07) is 7.98. The molecule has 0 saturated carbocycles. The second-order valence-electron chi connectivity index (χ2n) is 5.19. The molecule has 2 heterocycles. The average Bonchev–Trinajstić information content (AvgIpc) is 2.50. The summed E-state index contributed by atoms with van der Waals surface area (Å²) >= 11 is 0. The smallest absolute Gasteiger partial charge is 0.240 e. The van der Waals surface area contributed by atoms with Gasteiger partial charge in [0.15, 0.2) is 0 Å². The molecular weight excluding hydrogens is 254 g/mol. The van der Waals surface area contributed by atoms with E-state index >= 15 is 0 Å². The van der Waals surface area contributed by atoms with Gasteiger partial charge in [0, 0.05) is 12.8 Å². The monoisotopic (exact) mass is 273 g/mol. The summed E-state index contributed by atoms with van der Waals surface area (Å²) in [6.07, 6.45) is 3.63. The number of nitrogens with one attached hydrogen (secondary N) is 2. The van der Waals surface area contributed by atoms with E-state index in [9.17, 15) is 4.79 Å². The first-order valence-electron chi connectivity index (χ1n) is 7.14. The van der Waals surface area contributed by atoms with Gasteiger partial charge in [-0.15, -0.1) is 0 Å². The molecule has 0 aromatic heterocycles. The molecule has 1 aromatic rings. The number of carbonyl (C=O) groups is 1. The number of hydrazone groups is 1. The van der Waals surface area contributed by atoms with E-state index in [1.807, 2.05) is 24.3 Å². The minimum atomic E-state index is -0.0142. The molecule has 1 saturated heterocycles. The van der Waals surface area contributed by atoms with Crippen molar-refractivity contribution in [2.45, 2.75) is 31.8 Å². The fourth-order valence-corrected chi connectivity index (χ4v) is 2.51. The van der Waals surface area contributed by atoms with Crippen LogP contribution in [0.5, 0.6) is 5.75 Å². The summed E-state index contributed by atoms with van der Waals surface area (Å²) in [7, 11) is 0. The first-order chi connectivity index (χ1) is 9.81. The van der Waals surface area contributed by atoms with Crippen molar-refractivity contribution in [1.82, 2.24) is 10.7 Å². The predicted molar refractivity (Wildman–Crippen MR) is 76.9 cm³/mol. The summed E-state index contributed by atoms with van der Waals surface area (Å²) in [6.45, 7) is 2.05. The largest absolute Gasteiger partial charge is 0.490 e. The maximum Gasteiger partial charge on any atom is 0.240 e. The van der Waals surface area contributed by atoms with Crippen LogP contribution < -0.4 is 15.5 Å². The van der Waals surface area contributed by atoms with Crippen LogP contribution in [0.4, 0.5) is 0 Å². The number of carbonyl (C=O) groups excluding carboxylic acids is 1. The lowest BCUT2D eigenvalue weighted by Crippen LogP contribution is -2.34. The molecule has 0 radical (unpaired) electrons. The lowest BCUT2D eigenvalue weighted by molar-refractivity contribution is -0.121. The van der Waals surface area contributed by atoms with E-state index in [0.717, 1.165) is 43.0 Å². The molecule has 106 valence electrons. The van der Waals surface area contributed by atoms with Crippen molar-refractivity contribution in [2.75, 3.05) is 13.1 Å². The van der Waals surface area contributed by atoms with Crippen LogP contribution in [0.3, 0.4) is 0 Å². The van der Waals surface area contributed by atoms with Crippen molar-refractivity contribution < 1.29 is 9.53 Å². The molecule has 2 N–H and O–H groups in total. The van der Waals surface area contributed by atoms with E-state index in [0.29, 0.717) is 18.9 Å². The van der Waals surface area contributed by atoms with Gasteiger partial charge in [-0.2, -0.15) is 5.10 Å². The van der Waals surface area contributed by atoms with Crippen LogP contribution in [0.1, 0.15) is 31.2 Å². The van der Waals surface area contributed by atoms with Crippen LogP contribution in [0, 0.1) is 0 Å². The fourth-order valence-electron chi connectivity index (χ4n) is 2.51. The molecule has 3 rings (SSSR count). The highest BCUT2D eigenvalue weighted by molar-refractivity contribution is 6.04. The quantitative estimate of drug-likeness (QED) is 0.875. The Kier molecular flexibility index (Phi) is 3.97. The van der Waals surface area contributed by atoms with Gasteiger partial charge in [0.1, 0.15) is 11.9 Å². The number of hydrogen-bond donors (Lipinski definition) is 2. The van der Waals surface area contributed by atoms with E-state index in [-0.39, 0.29) is 5.91 Å². The van der Waals surface area contributed by atoms with Crippen molar-refractivity contribution in [1.29, 1.82) is 0 Å². The van der Waals surface area contributed by atoms with E-state index < -0.39 is 0 Å². The number of ether oxygens (including phenoxy) is 1. The van der Waals surface area contributed by atoms with Crippen molar-refractivity contribution in [2.24, 2.45) is 5.10 Å². The van der Waals surface area contributed by atoms with Gasteiger partial charge in [-0.05, 0) is 55.8 Å². The first-order valence-corrected chi connectivity index (χ1v) is 7.14. The summed E-state index contributed by atoms with van der Waals surface area (Å²) in [5.41, 5.74) is 4.49. The number of amides is 1. The van der Waals surface area contributed by atoms with Gasteiger partial charge < -0.3 is 10.1 Å². The molecule has 1 fully saturated rings. The maximum absolute atomic E-state index is 11.1. The molecular formula is C15H19N3O2. The zero-order chi connectivity index (χ0) is 13.8. The lowest BCUT2D eigenvalue weighted by Gasteiger charge is -2.24. The van der Waals surface area contributed by atoms with Gasteiger partial charge in [0.2, 0.25) is 5.91 Å². The summed E-state index contributed by atoms with van der Waals surface area (Å²) in [5.74, 6) is 0.890. The SMILES string of the molecule is O=C1CCC(c2ccc(OC3CCNCC3)cc2)=NN1. The van der Waals surface area contributed by atoms with Gasteiger partial charge in [0.25, 0.3) is 0 Å². The van der Waals surface area contributed by atoms with Crippen LogP contribution >= 0.6 is 0 Å². The van der Waals surface area contributed by atoms with E-state index in [4.69, 9.17) is 4.74 Å². The Morgan fingerprint density at radius 2 is 1.85 bits per heavy atom. The van der Waals surface area contributed by atoms with Crippen molar-refractivity contribution in [3.8, 4) is 5.75 Å². The Morgan fingerprint density at radius 1 is 1.10 bits per heavy atom. The normalized spacial score (nSPS) is 20.2. The zero-order valence-corrected chi connectivity index (χ0v) is 11.4. The molecule has 1 amide bonds. The van der Waals surface area contributed by atoms with Gasteiger partial charge >= 0.3 is 0 Å². The summed E-state index contributed by atoms with van der Waals surface area (Å²) in [5, 5.41) is 7.42. The molecule has 5 heteroatoms. The number of hydrogen-bond acceptors (Lipinski definition) is 4. The van der Waals surface area contributed by atoms with Gasteiger partial charge in [0.05, 0.1) is 5.71 Å². The topological polar surface area (TPSA) is 62.7 Å². The Balaban J connectivity index is 1.63. The Morgan fingerprint density at radius 3 is 2.50 bits per heavy atom. The number of benzene rings is 1. The minimum absolute atomic E-state index is 0.0142. The molecule has 0 atom stereocenters. The van der Waals surface area contributed by atoms with Crippen molar-refractivity contribution in [3.63, 3.8) is 0 Å². The number of nitrogens with zero attached hydrogens (tertiary/aromatic N) is 1. The van der Waals surface area contributed by atoms with Crippen LogP contribution in [0.25, 0.3) is 0 Å². The van der Waals surface area contributed by atoms with Crippen LogP contribution in [-0.4, -0.2) is 30.8 Å². The molecule has 0 aliphatic carbocycles. The highest BCUT2D eigenvalue weighted by atomic mass is 16.5. The Labute approximate surface area is 118 Å². The zero-order valence-electron chi connectivity index (χ0n) is 11.4. The Bertz CT molecular complexity index is 504. The van der Waals surface area contributed by atoms with Gasteiger partial charge in [-0.3, -0.25) is 4.79 Å². The minimum Gasteiger partial charge on any atom is -0.490 e. The summed E-state index contributed by atoms with van der Waals surface area (Å²) < 4.78 is 5.97. The Hall–Kier alpha value is -1.88. The highest BCUT2D eigenvalue weighted by Gasteiger charge is 2.15. The molecule has 5 nitrogen and oxygen atoms in total. The molecule has 0 unspecified atom stereocenters. The molecule has 20 heavy (non-hydrogen) atoms. The van der Waals surface area contributed by atoms with Crippen molar-refractivity contribution >= 4 is 11.6 Å². The molecule has 0 spiro atoms. The van der Waals surface area contributed by atoms with Crippen LogP contribution in [0.15, 0.2) is 29.4 Å². The molecule has 0 bridgehead atoms. The third-order valence-corrected chi connectivity index (χ3v) is 3.68. The standard InChI is InChI=1S/C15H19N3O2/c19-15-6-5-14(17-18-15)11-1-3-12(4-2-11)20-13-7-9-16-10-8-13/h1-4,13,16H,5-10H2,(H,18,19). The second kappa shape index (κ2) is 6.05. The van der Waals surface area contributed by atoms with Gasteiger partial charge in [-0.1, -0.05) is 0 Å². The third-order valence-electron chi connectivity index (χ3n) is 3.68. The van der Waals surface area contributed by atoms with Gasteiger partial charge in [-0.25, -0.2) is 5.43 Å². The van der Waals surface area contributed by atoms with Crippen molar-refractivity contribution in [3.05, 3.63) is 29.8 Å². The van der Waals surface area contributed by atoms with Crippen LogP contribution in [0.2, 0.25) is 0 Å². The highest BCUT2D eigenvalue weighted by Crippen LogP contribution is 2.19. The number of rotatable bonds is 3. The van der Waals surface area contributed by atoms with E-state index in [2.05, 4.69) is 15.8 Å². The maximum atomic E-state index is 11.1. The van der Waals surface area contributed by atoms with E-state index in [1.54, 1.807) is 0 Å². The lowest BCUT2D eigenvalue weighted by atomic mass is 10.0. The number of piperidine rings is 1. The average molecular weight is 273 g/mol. The first kappa shape index (κ1) is 13.1. The second-order valence-corrected chi connectivity index (χ2v) is 5.19. The fraction of sp³-hybridized carbons (Fsp3) is 0.467. The van der Waals surface area contributed by atoms with Crippen LogP contribution in [-0.2, 0) is 4.79 Å².